The summed E-state index contributed by atoms with van der Waals surface area (Å²) in [6, 6.07) is 6.89. The summed E-state index contributed by atoms with van der Waals surface area (Å²) in [4.78, 5) is 4.87. The predicted molar refractivity (Wildman–Crippen MR) is 128 cm³/mol. The number of anilines is 1. The third-order valence-corrected chi connectivity index (χ3v) is 6.50. The minimum atomic E-state index is 0.642. The van der Waals surface area contributed by atoms with Crippen LogP contribution in [0.3, 0.4) is 0 Å². The second kappa shape index (κ2) is 9.27. The molecule has 1 saturated heterocycles. The molecule has 0 radical (unpaired) electrons. The van der Waals surface area contributed by atoms with Gasteiger partial charge < -0.3 is 20.9 Å². The highest BCUT2D eigenvalue weighted by Crippen LogP contribution is 2.41. The molecule has 4 rings (SSSR count). The van der Waals surface area contributed by atoms with Gasteiger partial charge >= 0.3 is 0 Å². The van der Waals surface area contributed by atoms with E-state index in [-0.39, 0.29) is 0 Å². The van der Waals surface area contributed by atoms with Gasteiger partial charge in [0.15, 0.2) is 0 Å². The molecule has 160 valence electrons. The highest BCUT2D eigenvalue weighted by molar-refractivity contribution is 9.11. The molecule has 2 aromatic heterocycles. The van der Waals surface area contributed by atoms with Crippen molar-refractivity contribution in [3.05, 3.63) is 64.1 Å². The number of aromatic nitrogens is 2. The summed E-state index contributed by atoms with van der Waals surface area (Å²) < 4.78 is 3.13. The zero-order chi connectivity index (χ0) is 21.1. The minimum Gasteiger partial charge on any atom is -0.405 e. The van der Waals surface area contributed by atoms with Crippen LogP contribution in [0, 0.1) is 0 Å². The molecule has 0 aromatic carbocycles. The van der Waals surface area contributed by atoms with Gasteiger partial charge in [0.1, 0.15) is 5.82 Å². The number of likely N-dealkylation sites (N-methyl/N-ethyl adjacent to an activating group) is 1. The molecular weight excluding hydrogens is 440 g/mol. The molecule has 2 aromatic rings. The number of hydrogen-bond acceptors (Lipinski definition) is 5. The summed E-state index contributed by atoms with van der Waals surface area (Å²) in [6.45, 7) is 6.89. The Morgan fingerprint density at radius 1 is 1.23 bits per heavy atom. The lowest BCUT2D eigenvalue weighted by atomic mass is 10.1. The maximum absolute atomic E-state index is 5.62. The van der Waals surface area contributed by atoms with Gasteiger partial charge in [0.2, 0.25) is 0 Å². The zero-order valence-electron chi connectivity index (χ0n) is 17.8. The molecule has 0 spiro atoms. The fourth-order valence-corrected chi connectivity index (χ4v) is 4.09. The van der Waals surface area contributed by atoms with Crippen LogP contribution in [-0.4, -0.2) is 47.7 Å². The second-order valence-electron chi connectivity index (χ2n) is 8.17. The van der Waals surface area contributed by atoms with Gasteiger partial charge in [0.05, 0.1) is 17.8 Å². The highest BCUT2D eigenvalue weighted by atomic mass is 79.9. The summed E-state index contributed by atoms with van der Waals surface area (Å²) in [5.74, 6) is 1.95. The second-order valence-corrected chi connectivity index (χ2v) is 9.09. The lowest BCUT2D eigenvalue weighted by Crippen LogP contribution is -2.45. The van der Waals surface area contributed by atoms with Gasteiger partial charge in [-0.2, -0.15) is 5.10 Å². The molecule has 1 aliphatic heterocycles. The Hall–Kier alpha value is -2.25. The van der Waals surface area contributed by atoms with E-state index in [1.807, 2.05) is 25.2 Å². The van der Waals surface area contributed by atoms with Gasteiger partial charge in [-0.15, -0.1) is 0 Å². The Kier molecular flexibility index (Phi) is 6.49. The standard InChI is InChI=1S/C23H31BrN6/c1-3-19(24)14-20(6-7-25)26-16-21-15-22-12-18(17-4-5-17)13-23(30(22)27-21)29-10-8-28(2)9-11-29/h3,6-7,12-15,17,26H,4-5,8-11,16,25H2,1-2H3/b7-6-,19-3+,20-14+. The fourth-order valence-electron chi connectivity index (χ4n) is 3.84. The zero-order valence-corrected chi connectivity index (χ0v) is 19.4. The Bertz CT molecular complexity index is 977. The normalized spacial score (nSPS) is 19.2. The summed E-state index contributed by atoms with van der Waals surface area (Å²) in [5.41, 5.74) is 10.2. The van der Waals surface area contributed by atoms with Crippen LogP contribution in [0.4, 0.5) is 5.82 Å². The van der Waals surface area contributed by atoms with Crippen molar-refractivity contribution in [2.24, 2.45) is 5.73 Å². The number of fused-ring (bicyclic) bond motifs is 1. The first-order valence-corrected chi connectivity index (χ1v) is 11.5. The van der Waals surface area contributed by atoms with Crippen LogP contribution in [-0.2, 0) is 6.54 Å². The highest BCUT2D eigenvalue weighted by Gasteiger charge is 2.26. The molecule has 7 heteroatoms. The van der Waals surface area contributed by atoms with E-state index in [4.69, 9.17) is 10.8 Å². The topological polar surface area (TPSA) is 61.8 Å². The van der Waals surface area contributed by atoms with Crippen molar-refractivity contribution in [1.82, 2.24) is 19.8 Å². The Balaban J connectivity index is 1.61. The number of hydrogen-bond donors (Lipinski definition) is 2. The lowest BCUT2D eigenvalue weighted by Gasteiger charge is -2.34. The van der Waals surface area contributed by atoms with E-state index in [0.29, 0.717) is 6.54 Å². The Morgan fingerprint density at radius 2 is 2.00 bits per heavy atom. The van der Waals surface area contributed by atoms with Gasteiger partial charge in [-0.3, -0.25) is 0 Å². The van der Waals surface area contributed by atoms with E-state index in [9.17, 15) is 0 Å². The van der Waals surface area contributed by atoms with Crippen molar-refractivity contribution in [3.8, 4) is 0 Å². The van der Waals surface area contributed by atoms with Gasteiger partial charge in [-0.05, 0) is 74.8 Å². The third-order valence-electron chi connectivity index (χ3n) is 5.81. The molecule has 2 fully saturated rings. The van der Waals surface area contributed by atoms with E-state index in [1.54, 1.807) is 6.20 Å². The molecule has 3 heterocycles. The molecule has 0 unspecified atom stereocenters. The number of piperazine rings is 1. The quantitative estimate of drug-likeness (QED) is 0.603. The van der Waals surface area contributed by atoms with Crippen molar-refractivity contribution in [2.45, 2.75) is 32.2 Å². The van der Waals surface area contributed by atoms with Gasteiger partial charge in [-0.25, -0.2) is 4.52 Å². The summed E-state index contributed by atoms with van der Waals surface area (Å²) in [6.07, 6.45) is 10.0. The van der Waals surface area contributed by atoms with Gasteiger partial charge in [0, 0.05) is 36.4 Å². The van der Waals surface area contributed by atoms with Crippen LogP contribution in [0.2, 0.25) is 0 Å². The monoisotopic (exact) mass is 470 g/mol. The van der Waals surface area contributed by atoms with Crippen LogP contribution < -0.4 is 16.0 Å². The third kappa shape index (κ3) is 4.90. The van der Waals surface area contributed by atoms with Crippen LogP contribution in [0.15, 0.2) is 52.8 Å². The van der Waals surface area contributed by atoms with Gasteiger partial charge in [0.25, 0.3) is 0 Å². The first kappa shape index (κ1) is 21.0. The van der Waals surface area contributed by atoms with Gasteiger partial charge in [-0.1, -0.05) is 22.0 Å². The van der Waals surface area contributed by atoms with Crippen LogP contribution in [0.25, 0.3) is 5.52 Å². The molecule has 1 aliphatic carbocycles. The molecule has 30 heavy (non-hydrogen) atoms. The molecule has 2 aliphatic rings. The van der Waals surface area contributed by atoms with E-state index in [0.717, 1.165) is 48.0 Å². The van der Waals surface area contributed by atoms with Crippen molar-refractivity contribution in [3.63, 3.8) is 0 Å². The molecule has 1 saturated carbocycles. The van der Waals surface area contributed by atoms with Crippen LogP contribution in [0.1, 0.15) is 36.9 Å². The van der Waals surface area contributed by atoms with E-state index in [2.05, 4.69) is 60.8 Å². The number of allylic oxidation sites excluding steroid dienone is 4. The summed E-state index contributed by atoms with van der Waals surface area (Å²) >= 11 is 3.53. The van der Waals surface area contributed by atoms with Crippen LogP contribution in [0.5, 0.6) is 0 Å². The average molecular weight is 471 g/mol. The average Bonchev–Trinajstić information content (AvgIpc) is 3.51. The first-order valence-electron chi connectivity index (χ1n) is 10.7. The van der Waals surface area contributed by atoms with Crippen LogP contribution >= 0.6 is 15.9 Å². The first-order chi connectivity index (χ1) is 14.6. The van der Waals surface area contributed by atoms with E-state index in [1.165, 1.54) is 29.7 Å². The number of rotatable bonds is 7. The molecule has 3 N–H and O–H groups in total. The maximum atomic E-state index is 5.62. The molecule has 0 atom stereocenters. The molecule has 0 bridgehead atoms. The number of nitrogens with one attached hydrogen (secondary N) is 1. The van der Waals surface area contributed by atoms with E-state index >= 15 is 0 Å². The van der Waals surface area contributed by atoms with Crippen molar-refractivity contribution in [2.75, 3.05) is 38.1 Å². The number of nitrogens with zero attached hydrogens (tertiary/aromatic N) is 4. The minimum absolute atomic E-state index is 0.642. The molecule has 0 amide bonds. The molecule has 6 nitrogen and oxygen atoms in total. The maximum Gasteiger partial charge on any atom is 0.131 e. The fraction of sp³-hybridized carbons (Fsp3) is 0.435. The number of pyridine rings is 1. The Labute approximate surface area is 187 Å². The smallest absolute Gasteiger partial charge is 0.131 e. The lowest BCUT2D eigenvalue weighted by molar-refractivity contribution is 0.311. The SMILES string of the molecule is C\C=C(Br)/C=C(\C=C/N)NCc1cc2cc(C3CC3)cc(N3CCN(C)CC3)n2n1. The molecular formula is C23H31BrN6. The largest absolute Gasteiger partial charge is 0.405 e. The number of nitrogens with two attached hydrogens (primary N) is 1. The predicted octanol–water partition coefficient (Wildman–Crippen LogP) is 3.71. The van der Waals surface area contributed by atoms with Crippen molar-refractivity contribution < 1.29 is 0 Å². The van der Waals surface area contributed by atoms with E-state index < -0.39 is 0 Å². The summed E-state index contributed by atoms with van der Waals surface area (Å²) in [5, 5.41) is 8.39. The summed E-state index contributed by atoms with van der Waals surface area (Å²) in [7, 11) is 2.19. The number of halogens is 1. The Morgan fingerprint density at radius 3 is 2.67 bits per heavy atom. The van der Waals surface area contributed by atoms with Crippen molar-refractivity contribution >= 4 is 27.3 Å². The van der Waals surface area contributed by atoms with Crippen molar-refractivity contribution in [1.29, 1.82) is 0 Å².